The van der Waals surface area contributed by atoms with Crippen LogP contribution in [0.3, 0.4) is 0 Å². The lowest BCUT2D eigenvalue weighted by atomic mass is 10.1. The minimum Gasteiger partial charge on any atom is -0.484 e. The van der Waals surface area contributed by atoms with Crippen LogP contribution < -0.4 is 15.4 Å². The zero-order valence-electron chi connectivity index (χ0n) is 20.6. The second-order valence-corrected chi connectivity index (χ2v) is 9.96. The van der Waals surface area contributed by atoms with E-state index in [9.17, 15) is 19.2 Å². The molecule has 2 N–H and O–H groups in total. The maximum atomic E-state index is 12.8. The number of aryl methyl sites for hydroxylation is 2. The van der Waals surface area contributed by atoms with Crippen molar-refractivity contribution in [1.29, 1.82) is 0 Å². The second kappa shape index (κ2) is 12.0. The van der Waals surface area contributed by atoms with Gasteiger partial charge in [0.25, 0.3) is 17.1 Å². The Morgan fingerprint density at radius 2 is 1.63 bits per heavy atom. The highest BCUT2D eigenvalue weighted by Gasteiger charge is 2.36. The van der Waals surface area contributed by atoms with Gasteiger partial charge in [0.15, 0.2) is 6.61 Å². The van der Waals surface area contributed by atoms with E-state index in [-0.39, 0.29) is 17.4 Å². The van der Waals surface area contributed by atoms with Gasteiger partial charge in [-0.25, -0.2) is 0 Å². The number of thioether (sulfide) groups is 1. The van der Waals surface area contributed by atoms with E-state index < -0.39 is 23.6 Å². The Balaban J connectivity index is 1.34. The Morgan fingerprint density at radius 1 is 0.921 bits per heavy atom. The SMILES string of the molecule is Cc1ccc(NC(=O)COc2cccc(/C=C3\SC(=O)N(CC(=O)Nc4ccc(Cl)cc4)C3=O)c2)cc1C. The molecule has 1 aliphatic heterocycles. The van der Waals surface area contributed by atoms with Crippen LogP contribution in [0.2, 0.25) is 5.02 Å². The lowest BCUT2D eigenvalue weighted by Crippen LogP contribution is -2.36. The molecular weight excluding hydrogens is 526 g/mol. The van der Waals surface area contributed by atoms with Crippen molar-refractivity contribution in [3.05, 3.63) is 93.3 Å². The zero-order chi connectivity index (χ0) is 27.2. The van der Waals surface area contributed by atoms with Crippen molar-refractivity contribution in [3.8, 4) is 5.75 Å². The molecule has 1 aliphatic rings. The fourth-order valence-corrected chi connectivity index (χ4v) is 4.49. The summed E-state index contributed by atoms with van der Waals surface area (Å²) in [7, 11) is 0. The summed E-state index contributed by atoms with van der Waals surface area (Å²) in [6.45, 7) is 3.36. The first-order chi connectivity index (χ1) is 18.2. The third-order valence-corrected chi connectivity index (χ3v) is 6.78. The van der Waals surface area contributed by atoms with Crippen LogP contribution in [0.1, 0.15) is 16.7 Å². The Labute approximate surface area is 229 Å². The van der Waals surface area contributed by atoms with E-state index in [0.717, 1.165) is 27.8 Å². The molecule has 0 aromatic heterocycles. The van der Waals surface area contributed by atoms with Crippen LogP contribution in [-0.4, -0.2) is 41.0 Å². The van der Waals surface area contributed by atoms with Gasteiger partial charge in [0, 0.05) is 16.4 Å². The van der Waals surface area contributed by atoms with Gasteiger partial charge >= 0.3 is 0 Å². The van der Waals surface area contributed by atoms with Crippen molar-refractivity contribution in [2.45, 2.75) is 13.8 Å². The highest BCUT2D eigenvalue weighted by Crippen LogP contribution is 2.32. The molecule has 3 aromatic rings. The zero-order valence-corrected chi connectivity index (χ0v) is 22.2. The predicted octanol–water partition coefficient (Wildman–Crippen LogP) is 5.65. The maximum absolute atomic E-state index is 12.8. The minimum atomic E-state index is -0.564. The number of benzene rings is 3. The van der Waals surface area contributed by atoms with E-state index in [4.69, 9.17) is 16.3 Å². The van der Waals surface area contributed by atoms with E-state index in [1.807, 2.05) is 32.0 Å². The number of ether oxygens (including phenoxy) is 1. The van der Waals surface area contributed by atoms with Crippen LogP contribution >= 0.6 is 23.4 Å². The van der Waals surface area contributed by atoms with Gasteiger partial charge in [-0.1, -0.05) is 29.8 Å². The molecule has 0 radical (unpaired) electrons. The van der Waals surface area contributed by atoms with Crippen molar-refractivity contribution < 1.29 is 23.9 Å². The van der Waals surface area contributed by atoms with Gasteiger partial charge in [-0.05, 0) is 96.9 Å². The van der Waals surface area contributed by atoms with Crippen LogP contribution in [0.4, 0.5) is 16.2 Å². The number of nitrogens with zero attached hydrogens (tertiary/aromatic N) is 1. The molecule has 0 spiro atoms. The van der Waals surface area contributed by atoms with E-state index in [1.54, 1.807) is 54.6 Å². The number of hydrogen-bond acceptors (Lipinski definition) is 6. The molecule has 0 unspecified atom stereocenters. The van der Waals surface area contributed by atoms with Crippen molar-refractivity contribution in [2.24, 2.45) is 0 Å². The molecule has 0 atom stereocenters. The number of hydrogen-bond donors (Lipinski definition) is 2. The molecule has 38 heavy (non-hydrogen) atoms. The number of rotatable bonds is 8. The number of anilines is 2. The number of carbonyl (C=O) groups excluding carboxylic acids is 4. The Bertz CT molecular complexity index is 1440. The third-order valence-electron chi connectivity index (χ3n) is 5.62. The first kappa shape index (κ1) is 27.0. The molecular formula is C28H24ClN3O5S. The standard InChI is InChI=1S/C28H24ClN3O5S/c1-17-6-9-22(12-18(17)2)31-26(34)16-37-23-5-3-4-19(13-23)14-24-27(35)32(28(36)38-24)15-25(33)30-21-10-7-20(29)8-11-21/h3-14H,15-16H2,1-2H3,(H,30,33)(H,31,34)/b24-14-. The van der Waals surface area contributed by atoms with Crippen LogP contribution in [0.5, 0.6) is 5.75 Å². The molecule has 4 amide bonds. The van der Waals surface area contributed by atoms with Gasteiger partial charge in [0.1, 0.15) is 12.3 Å². The summed E-state index contributed by atoms with van der Waals surface area (Å²) in [5, 5.41) is 5.41. The number of imide groups is 1. The fourth-order valence-electron chi connectivity index (χ4n) is 3.52. The van der Waals surface area contributed by atoms with Crippen molar-refractivity contribution >= 4 is 63.8 Å². The maximum Gasteiger partial charge on any atom is 0.294 e. The Morgan fingerprint density at radius 3 is 2.37 bits per heavy atom. The lowest BCUT2D eigenvalue weighted by molar-refractivity contribution is -0.127. The summed E-state index contributed by atoms with van der Waals surface area (Å²) in [5.74, 6) is -0.956. The van der Waals surface area contributed by atoms with Gasteiger partial charge in [0.05, 0.1) is 4.91 Å². The third kappa shape index (κ3) is 7.02. The summed E-state index contributed by atoms with van der Waals surface area (Å²) in [6.07, 6.45) is 1.55. The minimum absolute atomic E-state index is 0.180. The van der Waals surface area contributed by atoms with Crippen LogP contribution in [-0.2, 0) is 14.4 Å². The van der Waals surface area contributed by atoms with Gasteiger partial charge < -0.3 is 15.4 Å². The topological polar surface area (TPSA) is 105 Å². The molecule has 8 nitrogen and oxygen atoms in total. The van der Waals surface area contributed by atoms with E-state index in [0.29, 0.717) is 27.7 Å². The van der Waals surface area contributed by atoms with Gasteiger partial charge in [-0.15, -0.1) is 0 Å². The van der Waals surface area contributed by atoms with Crippen LogP contribution in [0, 0.1) is 13.8 Å². The summed E-state index contributed by atoms with van der Waals surface area (Å²) in [4.78, 5) is 50.9. The molecule has 0 saturated carbocycles. The normalized spacial score (nSPS) is 14.1. The number of amides is 4. The number of nitrogens with one attached hydrogen (secondary N) is 2. The van der Waals surface area contributed by atoms with E-state index in [1.165, 1.54) is 0 Å². The average molecular weight is 550 g/mol. The molecule has 1 heterocycles. The van der Waals surface area contributed by atoms with Crippen molar-refractivity contribution in [3.63, 3.8) is 0 Å². The summed E-state index contributed by atoms with van der Waals surface area (Å²) in [6, 6.07) is 18.9. The van der Waals surface area contributed by atoms with E-state index >= 15 is 0 Å². The molecule has 0 aliphatic carbocycles. The molecule has 194 valence electrons. The number of halogens is 1. The fraction of sp³-hybridized carbons (Fsp3) is 0.143. The monoisotopic (exact) mass is 549 g/mol. The molecule has 1 saturated heterocycles. The van der Waals surface area contributed by atoms with Gasteiger partial charge in [-0.2, -0.15) is 0 Å². The smallest absolute Gasteiger partial charge is 0.294 e. The molecule has 0 bridgehead atoms. The molecule has 4 rings (SSSR count). The molecule has 1 fully saturated rings. The highest BCUT2D eigenvalue weighted by molar-refractivity contribution is 8.18. The lowest BCUT2D eigenvalue weighted by Gasteiger charge is -2.12. The number of carbonyl (C=O) groups is 4. The predicted molar refractivity (Wildman–Crippen MR) is 149 cm³/mol. The van der Waals surface area contributed by atoms with Gasteiger partial charge in [0.2, 0.25) is 5.91 Å². The first-order valence-corrected chi connectivity index (χ1v) is 12.8. The molecule has 3 aromatic carbocycles. The first-order valence-electron chi connectivity index (χ1n) is 11.6. The largest absolute Gasteiger partial charge is 0.484 e. The molecule has 10 heteroatoms. The summed E-state index contributed by atoms with van der Waals surface area (Å²) in [5.41, 5.74) is 4.00. The van der Waals surface area contributed by atoms with Crippen molar-refractivity contribution in [2.75, 3.05) is 23.8 Å². The van der Waals surface area contributed by atoms with Crippen LogP contribution in [0.15, 0.2) is 71.6 Å². The summed E-state index contributed by atoms with van der Waals surface area (Å²) < 4.78 is 5.61. The van der Waals surface area contributed by atoms with E-state index in [2.05, 4.69) is 10.6 Å². The average Bonchev–Trinajstić information content (AvgIpc) is 3.14. The summed E-state index contributed by atoms with van der Waals surface area (Å²) >= 11 is 6.59. The van der Waals surface area contributed by atoms with Crippen LogP contribution in [0.25, 0.3) is 6.08 Å². The van der Waals surface area contributed by atoms with Crippen molar-refractivity contribution in [1.82, 2.24) is 4.90 Å². The Kier molecular flexibility index (Phi) is 8.50. The van der Waals surface area contributed by atoms with Gasteiger partial charge in [-0.3, -0.25) is 24.1 Å². The Hall–Kier alpha value is -4.08. The quantitative estimate of drug-likeness (QED) is 0.352. The second-order valence-electron chi connectivity index (χ2n) is 8.53. The highest BCUT2D eigenvalue weighted by atomic mass is 35.5.